The normalized spacial score (nSPS) is 21.3. The SMILES string of the molecule is CCCNC(C1CCOCC1)C(OCC)C(C)(C)C. The first-order valence-electron chi connectivity index (χ1n) is 7.93. The molecule has 0 radical (unpaired) electrons. The van der Waals surface area contributed by atoms with Crippen LogP contribution in [0, 0.1) is 11.3 Å². The van der Waals surface area contributed by atoms with Gasteiger partial charge in [0.2, 0.25) is 0 Å². The quantitative estimate of drug-likeness (QED) is 0.771. The van der Waals surface area contributed by atoms with Crippen LogP contribution in [0.25, 0.3) is 0 Å². The third-order valence-corrected chi connectivity index (χ3v) is 3.93. The van der Waals surface area contributed by atoms with Crippen molar-refractivity contribution in [1.82, 2.24) is 5.32 Å². The summed E-state index contributed by atoms with van der Waals surface area (Å²) < 4.78 is 11.6. The van der Waals surface area contributed by atoms with Gasteiger partial charge in [-0.25, -0.2) is 0 Å². The molecule has 1 N–H and O–H groups in total. The highest BCUT2D eigenvalue weighted by molar-refractivity contribution is 4.91. The van der Waals surface area contributed by atoms with Crippen LogP contribution in [0.1, 0.15) is 53.9 Å². The van der Waals surface area contributed by atoms with E-state index in [1.165, 1.54) is 6.42 Å². The Morgan fingerprint density at radius 2 is 1.84 bits per heavy atom. The van der Waals surface area contributed by atoms with Crippen LogP contribution in [0.3, 0.4) is 0 Å². The fourth-order valence-electron chi connectivity index (χ4n) is 2.98. The molecule has 2 unspecified atom stereocenters. The summed E-state index contributed by atoms with van der Waals surface area (Å²) in [6.45, 7) is 14.8. The molecule has 1 heterocycles. The lowest BCUT2D eigenvalue weighted by Crippen LogP contribution is -2.53. The van der Waals surface area contributed by atoms with E-state index in [1.54, 1.807) is 0 Å². The average Bonchev–Trinajstić information content (AvgIpc) is 2.38. The van der Waals surface area contributed by atoms with Gasteiger partial charge in [0.1, 0.15) is 0 Å². The molecule has 0 spiro atoms. The first kappa shape index (κ1) is 16.9. The minimum Gasteiger partial charge on any atom is -0.381 e. The summed E-state index contributed by atoms with van der Waals surface area (Å²) in [5.74, 6) is 0.677. The summed E-state index contributed by atoms with van der Waals surface area (Å²) >= 11 is 0. The standard InChI is InChI=1S/C16H33NO2/c1-6-10-17-14(13-8-11-18-12-9-13)15(19-7-2)16(3,4)5/h13-15,17H,6-12H2,1-5H3. The fraction of sp³-hybridized carbons (Fsp3) is 1.00. The van der Waals surface area contributed by atoms with E-state index in [0.717, 1.165) is 39.2 Å². The van der Waals surface area contributed by atoms with Crippen molar-refractivity contribution in [1.29, 1.82) is 0 Å². The largest absolute Gasteiger partial charge is 0.381 e. The molecule has 1 fully saturated rings. The van der Waals surface area contributed by atoms with E-state index in [4.69, 9.17) is 9.47 Å². The molecule has 114 valence electrons. The zero-order chi connectivity index (χ0) is 14.3. The molecule has 2 atom stereocenters. The Morgan fingerprint density at radius 1 is 1.21 bits per heavy atom. The van der Waals surface area contributed by atoms with Crippen LogP contribution in [0.2, 0.25) is 0 Å². The molecule has 19 heavy (non-hydrogen) atoms. The number of hydrogen-bond donors (Lipinski definition) is 1. The number of rotatable bonds is 7. The summed E-state index contributed by atoms with van der Waals surface area (Å²) in [5.41, 5.74) is 0.166. The van der Waals surface area contributed by atoms with Crippen LogP contribution >= 0.6 is 0 Å². The van der Waals surface area contributed by atoms with Crippen LogP contribution in [0.15, 0.2) is 0 Å². The van der Waals surface area contributed by atoms with Gasteiger partial charge >= 0.3 is 0 Å². The summed E-state index contributed by atoms with van der Waals surface area (Å²) in [6.07, 6.45) is 3.75. The van der Waals surface area contributed by atoms with E-state index in [1.807, 2.05) is 0 Å². The van der Waals surface area contributed by atoms with E-state index in [-0.39, 0.29) is 11.5 Å². The van der Waals surface area contributed by atoms with Gasteiger partial charge in [0.15, 0.2) is 0 Å². The highest BCUT2D eigenvalue weighted by Gasteiger charge is 2.37. The van der Waals surface area contributed by atoms with E-state index in [2.05, 4.69) is 39.9 Å². The second-order valence-electron chi connectivity index (χ2n) is 6.67. The van der Waals surface area contributed by atoms with Crippen molar-refractivity contribution >= 4 is 0 Å². The summed E-state index contributed by atoms with van der Waals surface area (Å²) in [6, 6.07) is 0.448. The molecule has 0 aromatic rings. The van der Waals surface area contributed by atoms with Crippen molar-refractivity contribution < 1.29 is 9.47 Å². The molecule has 3 heteroatoms. The van der Waals surface area contributed by atoms with E-state index in [0.29, 0.717) is 12.0 Å². The Morgan fingerprint density at radius 3 is 2.32 bits per heavy atom. The molecule has 0 amide bonds. The predicted molar refractivity (Wildman–Crippen MR) is 80.5 cm³/mol. The maximum atomic E-state index is 6.12. The molecule has 0 saturated carbocycles. The minimum atomic E-state index is 0.166. The summed E-state index contributed by atoms with van der Waals surface area (Å²) in [5, 5.41) is 3.75. The Labute approximate surface area is 119 Å². The van der Waals surface area contributed by atoms with E-state index < -0.39 is 0 Å². The van der Waals surface area contributed by atoms with Crippen molar-refractivity contribution in [3.63, 3.8) is 0 Å². The third-order valence-electron chi connectivity index (χ3n) is 3.93. The van der Waals surface area contributed by atoms with Crippen molar-refractivity contribution in [2.45, 2.75) is 66.0 Å². The maximum absolute atomic E-state index is 6.12. The van der Waals surface area contributed by atoms with Crippen LogP contribution in [0.5, 0.6) is 0 Å². The molecule has 1 aliphatic heterocycles. The molecule has 1 rings (SSSR count). The second-order valence-corrected chi connectivity index (χ2v) is 6.67. The topological polar surface area (TPSA) is 30.5 Å². The molecule has 0 aromatic heterocycles. The van der Waals surface area contributed by atoms with Gasteiger partial charge in [-0.15, -0.1) is 0 Å². The van der Waals surface area contributed by atoms with Gasteiger partial charge in [0, 0.05) is 25.9 Å². The molecule has 1 saturated heterocycles. The van der Waals surface area contributed by atoms with Crippen molar-refractivity contribution in [3.8, 4) is 0 Å². The number of ether oxygens (including phenoxy) is 2. The highest BCUT2D eigenvalue weighted by atomic mass is 16.5. The maximum Gasteiger partial charge on any atom is 0.0778 e. The van der Waals surface area contributed by atoms with E-state index in [9.17, 15) is 0 Å². The highest BCUT2D eigenvalue weighted by Crippen LogP contribution is 2.31. The second kappa shape index (κ2) is 8.23. The van der Waals surface area contributed by atoms with Gasteiger partial charge in [-0.05, 0) is 44.1 Å². The van der Waals surface area contributed by atoms with Crippen molar-refractivity contribution in [2.75, 3.05) is 26.4 Å². The molecule has 1 aliphatic rings. The van der Waals surface area contributed by atoms with Gasteiger partial charge in [-0.2, -0.15) is 0 Å². The summed E-state index contributed by atoms with van der Waals surface area (Å²) in [4.78, 5) is 0. The molecular formula is C16H33NO2. The third kappa shape index (κ3) is 5.41. The van der Waals surface area contributed by atoms with E-state index >= 15 is 0 Å². The van der Waals surface area contributed by atoms with Crippen LogP contribution in [0.4, 0.5) is 0 Å². The lowest BCUT2D eigenvalue weighted by atomic mass is 9.77. The molecule has 3 nitrogen and oxygen atoms in total. The fourth-order valence-corrected chi connectivity index (χ4v) is 2.98. The first-order chi connectivity index (χ1) is 9.00. The molecular weight excluding hydrogens is 238 g/mol. The van der Waals surface area contributed by atoms with Crippen LogP contribution < -0.4 is 5.32 Å². The number of hydrogen-bond acceptors (Lipinski definition) is 3. The summed E-state index contributed by atoms with van der Waals surface area (Å²) in [7, 11) is 0. The van der Waals surface area contributed by atoms with Gasteiger partial charge in [0.05, 0.1) is 6.10 Å². The monoisotopic (exact) mass is 271 g/mol. The van der Waals surface area contributed by atoms with Crippen LogP contribution in [-0.2, 0) is 9.47 Å². The minimum absolute atomic E-state index is 0.166. The van der Waals surface area contributed by atoms with Crippen LogP contribution in [-0.4, -0.2) is 38.5 Å². The Kier molecular flexibility index (Phi) is 7.33. The van der Waals surface area contributed by atoms with Crippen molar-refractivity contribution in [3.05, 3.63) is 0 Å². The van der Waals surface area contributed by atoms with Gasteiger partial charge in [0.25, 0.3) is 0 Å². The average molecular weight is 271 g/mol. The Balaban J connectivity index is 2.78. The lowest BCUT2D eigenvalue weighted by molar-refractivity contribution is -0.0628. The van der Waals surface area contributed by atoms with Crippen molar-refractivity contribution in [2.24, 2.45) is 11.3 Å². The Hall–Kier alpha value is -0.120. The molecule has 0 bridgehead atoms. The smallest absolute Gasteiger partial charge is 0.0778 e. The molecule has 0 aromatic carbocycles. The predicted octanol–water partition coefficient (Wildman–Crippen LogP) is 3.23. The zero-order valence-electron chi connectivity index (χ0n) is 13.5. The Bertz CT molecular complexity index is 231. The zero-order valence-corrected chi connectivity index (χ0v) is 13.5. The van der Waals surface area contributed by atoms with Gasteiger partial charge < -0.3 is 14.8 Å². The van der Waals surface area contributed by atoms with Gasteiger partial charge in [-0.1, -0.05) is 27.7 Å². The van der Waals surface area contributed by atoms with Gasteiger partial charge in [-0.3, -0.25) is 0 Å². The lowest BCUT2D eigenvalue weighted by Gasteiger charge is -2.42. The first-order valence-corrected chi connectivity index (χ1v) is 7.93. The number of nitrogens with one attached hydrogen (secondary N) is 1. The molecule has 0 aliphatic carbocycles.